The molecule has 1 saturated heterocycles. The summed E-state index contributed by atoms with van der Waals surface area (Å²) in [4.78, 5) is 25.5. The van der Waals surface area contributed by atoms with E-state index >= 15 is 0 Å². The van der Waals surface area contributed by atoms with E-state index in [9.17, 15) is 22.8 Å². The first-order valence-corrected chi connectivity index (χ1v) is 12.5. The lowest BCUT2D eigenvalue weighted by atomic mass is 9.98. The topological polar surface area (TPSA) is 76.7 Å². The number of hydrogen-bond donors (Lipinski definition) is 2. The molecule has 6 nitrogen and oxygen atoms in total. The molecule has 1 unspecified atom stereocenters. The highest BCUT2D eigenvalue weighted by molar-refractivity contribution is 6.08. The zero-order valence-corrected chi connectivity index (χ0v) is 20.5. The van der Waals surface area contributed by atoms with Gasteiger partial charge in [-0.05, 0) is 65.4 Å². The molecule has 2 aliphatic rings. The second-order valence-corrected chi connectivity index (χ2v) is 9.52. The predicted molar refractivity (Wildman–Crippen MR) is 136 cm³/mol. The summed E-state index contributed by atoms with van der Waals surface area (Å²) in [6.45, 7) is 1.19. The van der Waals surface area contributed by atoms with Gasteiger partial charge >= 0.3 is 12.3 Å². The van der Waals surface area contributed by atoms with Crippen LogP contribution >= 0.6 is 0 Å². The first kappa shape index (κ1) is 25.8. The van der Waals surface area contributed by atoms with Crippen LogP contribution in [-0.4, -0.2) is 37.4 Å². The van der Waals surface area contributed by atoms with Crippen LogP contribution in [0, 0.1) is 0 Å². The molecular weight excluding hydrogens is 497 g/mol. The fourth-order valence-corrected chi connectivity index (χ4v) is 4.91. The van der Waals surface area contributed by atoms with Gasteiger partial charge < -0.3 is 20.1 Å². The van der Waals surface area contributed by atoms with E-state index in [1.165, 1.54) is 12.1 Å². The van der Waals surface area contributed by atoms with Gasteiger partial charge in [-0.15, -0.1) is 0 Å². The van der Waals surface area contributed by atoms with Crippen molar-refractivity contribution in [3.05, 3.63) is 89.0 Å². The van der Waals surface area contributed by atoms with E-state index in [1.807, 2.05) is 12.1 Å². The van der Waals surface area contributed by atoms with Crippen LogP contribution < -0.4 is 10.6 Å². The maximum absolute atomic E-state index is 13.2. The SMILES string of the molecule is O=C(NC1Cc2ccc(NC(=O)c3ccccc3-c3ccc(C(F)(F)F)cc3)cc2C1)OC1CCOCC1. The Bertz CT molecular complexity index is 1320. The predicted octanol–water partition coefficient (Wildman–Crippen LogP) is 6.00. The van der Waals surface area contributed by atoms with Crippen molar-refractivity contribution in [2.45, 2.75) is 44.0 Å². The lowest BCUT2D eigenvalue weighted by Crippen LogP contribution is -2.38. The monoisotopic (exact) mass is 524 g/mol. The van der Waals surface area contributed by atoms with E-state index in [0.29, 0.717) is 61.3 Å². The maximum atomic E-state index is 13.2. The number of carbonyl (C=O) groups excluding carboxylic acids is 2. The molecular formula is C29H27F3N2O4. The van der Waals surface area contributed by atoms with Crippen molar-refractivity contribution in [1.29, 1.82) is 0 Å². The number of alkyl halides is 3. The first-order chi connectivity index (χ1) is 18.3. The Kier molecular flexibility index (Phi) is 7.37. The highest BCUT2D eigenvalue weighted by atomic mass is 19.4. The molecule has 1 heterocycles. The minimum absolute atomic E-state index is 0.0938. The van der Waals surface area contributed by atoms with Crippen molar-refractivity contribution in [3.8, 4) is 11.1 Å². The van der Waals surface area contributed by atoms with E-state index in [2.05, 4.69) is 10.6 Å². The van der Waals surface area contributed by atoms with Crippen molar-refractivity contribution in [1.82, 2.24) is 5.32 Å². The molecule has 2 N–H and O–H groups in total. The number of anilines is 1. The number of amides is 2. The Morgan fingerprint density at radius 2 is 1.61 bits per heavy atom. The van der Waals surface area contributed by atoms with Crippen molar-refractivity contribution < 1.29 is 32.2 Å². The van der Waals surface area contributed by atoms with Gasteiger partial charge in [-0.25, -0.2) is 4.79 Å². The second kappa shape index (κ2) is 10.9. The molecule has 38 heavy (non-hydrogen) atoms. The van der Waals surface area contributed by atoms with Crippen LogP contribution in [0.2, 0.25) is 0 Å². The fraction of sp³-hybridized carbons (Fsp3) is 0.310. The Hall–Kier alpha value is -3.85. The van der Waals surface area contributed by atoms with Gasteiger partial charge in [0.25, 0.3) is 5.91 Å². The highest BCUT2D eigenvalue weighted by Crippen LogP contribution is 2.32. The van der Waals surface area contributed by atoms with Gasteiger partial charge in [0.2, 0.25) is 0 Å². The van der Waals surface area contributed by atoms with Crippen molar-refractivity contribution in [3.63, 3.8) is 0 Å². The Balaban J connectivity index is 1.23. The molecule has 5 rings (SSSR count). The van der Waals surface area contributed by atoms with Crippen molar-refractivity contribution in [2.24, 2.45) is 0 Å². The molecule has 1 aliphatic heterocycles. The standard InChI is InChI=1S/C29H27F3N2O4/c30-29(31,32)21-8-5-18(6-9-21)25-3-1-2-4-26(25)27(35)33-22-10-7-19-15-23(17-20(19)16-22)34-28(36)38-24-11-13-37-14-12-24/h1-10,16,23-24H,11-15,17H2,(H,33,35)(H,34,36). The number of carbonyl (C=O) groups is 2. The lowest BCUT2D eigenvalue weighted by Gasteiger charge is -2.23. The minimum atomic E-state index is -4.43. The van der Waals surface area contributed by atoms with Gasteiger partial charge in [-0.1, -0.05) is 36.4 Å². The molecule has 2 amide bonds. The van der Waals surface area contributed by atoms with Crippen LogP contribution in [0.5, 0.6) is 0 Å². The number of fused-ring (bicyclic) bond motifs is 1. The Morgan fingerprint density at radius 1 is 0.895 bits per heavy atom. The third kappa shape index (κ3) is 5.99. The summed E-state index contributed by atoms with van der Waals surface area (Å²) >= 11 is 0. The normalized spacial score (nSPS) is 17.5. The molecule has 1 fully saturated rings. The smallest absolute Gasteiger partial charge is 0.416 e. The van der Waals surface area contributed by atoms with Crippen LogP contribution in [0.25, 0.3) is 11.1 Å². The summed E-state index contributed by atoms with van der Waals surface area (Å²) < 4.78 is 49.7. The van der Waals surface area contributed by atoms with Crippen LogP contribution in [0.15, 0.2) is 66.7 Å². The minimum Gasteiger partial charge on any atom is -0.446 e. The van der Waals surface area contributed by atoms with Crippen LogP contribution in [0.4, 0.5) is 23.7 Å². The maximum Gasteiger partial charge on any atom is 0.416 e. The third-order valence-corrected chi connectivity index (χ3v) is 6.86. The molecule has 0 saturated carbocycles. The molecule has 1 atom stereocenters. The molecule has 3 aromatic rings. The summed E-state index contributed by atoms with van der Waals surface area (Å²) in [5, 5.41) is 5.84. The van der Waals surface area contributed by atoms with E-state index in [-0.39, 0.29) is 18.1 Å². The van der Waals surface area contributed by atoms with E-state index < -0.39 is 17.8 Å². The van der Waals surface area contributed by atoms with Gasteiger partial charge in [0.1, 0.15) is 6.10 Å². The molecule has 0 spiro atoms. The number of nitrogens with one attached hydrogen (secondary N) is 2. The van der Waals surface area contributed by atoms with Crippen molar-refractivity contribution >= 4 is 17.7 Å². The molecule has 1 aliphatic carbocycles. The van der Waals surface area contributed by atoms with Gasteiger partial charge in [-0.3, -0.25) is 4.79 Å². The second-order valence-electron chi connectivity index (χ2n) is 9.52. The highest BCUT2D eigenvalue weighted by Gasteiger charge is 2.30. The quantitative estimate of drug-likeness (QED) is 0.430. The van der Waals surface area contributed by atoms with E-state index in [4.69, 9.17) is 9.47 Å². The van der Waals surface area contributed by atoms with Crippen LogP contribution in [0.1, 0.15) is 39.9 Å². The summed E-state index contributed by atoms with van der Waals surface area (Å²) in [6, 6.07) is 17.1. The lowest BCUT2D eigenvalue weighted by molar-refractivity contribution is -0.137. The third-order valence-electron chi connectivity index (χ3n) is 6.86. The summed E-state index contributed by atoms with van der Waals surface area (Å²) in [5.41, 5.74) is 3.36. The van der Waals surface area contributed by atoms with Gasteiger partial charge in [0.05, 0.1) is 18.8 Å². The van der Waals surface area contributed by atoms with Gasteiger partial charge in [0.15, 0.2) is 0 Å². The molecule has 0 aromatic heterocycles. The average Bonchev–Trinajstić information content (AvgIpc) is 3.30. The summed E-state index contributed by atoms with van der Waals surface area (Å²) in [6.07, 6.45) is -2.30. The van der Waals surface area contributed by atoms with Crippen molar-refractivity contribution in [2.75, 3.05) is 18.5 Å². The molecule has 0 bridgehead atoms. The zero-order chi connectivity index (χ0) is 26.7. The number of ether oxygens (including phenoxy) is 2. The molecule has 9 heteroatoms. The number of alkyl carbamates (subject to hydrolysis) is 1. The molecule has 0 radical (unpaired) electrons. The Morgan fingerprint density at radius 3 is 2.34 bits per heavy atom. The van der Waals surface area contributed by atoms with Crippen LogP contribution in [-0.2, 0) is 28.5 Å². The summed E-state index contributed by atoms with van der Waals surface area (Å²) in [7, 11) is 0. The zero-order valence-electron chi connectivity index (χ0n) is 20.5. The number of halogens is 3. The number of benzene rings is 3. The van der Waals surface area contributed by atoms with E-state index in [0.717, 1.165) is 23.3 Å². The van der Waals surface area contributed by atoms with Crippen LogP contribution in [0.3, 0.4) is 0 Å². The average molecular weight is 525 g/mol. The first-order valence-electron chi connectivity index (χ1n) is 12.5. The number of hydrogen-bond acceptors (Lipinski definition) is 4. The largest absolute Gasteiger partial charge is 0.446 e. The number of rotatable bonds is 5. The molecule has 3 aromatic carbocycles. The Labute approximate surface area is 218 Å². The van der Waals surface area contributed by atoms with E-state index in [1.54, 1.807) is 30.3 Å². The molecule has 198 valence electrons. The van der Waals surface area contributed by atoms with Gasteiger partial charge in [-0.2, -0.15) is 13.2 Å². The summed E-state index contributed by atoms with van der Waals surface area (Å²) in [5.74, 6) is -0.367. The fourth-order valence-electron chi connectivity index (χ4n) is 4.91. The van der Waals surface area contributed by atoms with Gasteiger partial charge in [0, 0.05) is 30.1 Å².